The molecule has 3 heterocycles. The van der Waals surface area contributed by atoms with Gasteiger partial charge in [-0.05, 0) is 37.1 Å². The lowest BCUT2D eigenvalue weighted by Gasteiger charge is -2.11. The molecule has 0 amide bonds. The van der Waals surface area contributed by atoms with Crippen LogP contribution < -0.4 is 15.0 Å². The highest BCUT2D eigenvalue weighted by molar-refractivity contribution is 5.98. The topological polar surface area (TPSA) is 97.0 Å². The van der Waals surface area contributed by atoms with E-state index in [4.69, 9.17) is 14.2 Å². The lowest BCUT2D eigenvalue weighted by molar-refractivity contribution is 0.0602. The van der Waals surface area contributed by atoms with E-state index in [1.54, 1.807) is 38.0 Å². The molecule has 0 atom stereocenters. The number of rotatable bonds is 6. The van der Waals surface area contributed by atoms with Crippen LogP contribution in [0.15, 0.2) is 41.5 Å². The first-order valence-electron chi connectivity index (χ1n) is 9.65. The standard InChI is InChI=1S/C22H22N4O5/c1-13-19(22(28)31-4)20-23-12-15-16(26(20)24-13)8-10-25(21(15)27)9-7-14-5-6-17(29-2)18(11-14)30-3/h5-6,8,10-12H,7,9H2,1-4H3. The monoisotopic (exact) mass is 422 g/mol. The maximum absolute atomic E-state index is 13.0. The maximum atomic E-state index is 13.0. The Morgan fingerprint density at radius 3 is 2.58 bits per heavy atom. The molecule has 9 nitrogen and oxygen atoms in total. The van der Waals surface area contributed by atoms with Crippen LogP contribution in [0.4, 0.5) is 0 Å². The minimum Gasteiger partial charge on any atom is -0.493 e. The zero-order chi connectivity index (χ0) is 22.1. The van der Waals surface area contributed by atoms with Crippen LogP contribution in [0.3, 0.4) is 0 Å². The van der Waals surface area contributed by atoms with Gasteiger partial charge in [0.25, 0.3) is 5.56 Å². The minimum absolute atomic E-state index is 0.180. The summed E-state index contributed by atoms with van der Waals surface area (Å²) in [5.41, 5.74) is 2.56. The molecule has 0 bridgehead atoms. The van der Waals surface area contributed by atoms with Crippen LogP contribution >= 0.6 is 0 Å². The van der Waals surface area contributed by atoms with Crippen molar-refractivity contribution in [2.45, 2.75) is 19.9 Å². The van der Waals surface area contributed by atoms with Crippen LogP contribution in [0.25, 0.3) is 16.6 Å². The number of benzene rings is 1. The summed E-state index contributed by atoms with van der Waals surface area (Å²) in [5, 5.41) is 4.81. The molecule has 0 aliphatic heterocycles. The zero-order valence-corrected chi connectivity index (χ0v) is 17.7. The van der Waals surface area contributed by atoms with Crippen molar-refractivity contribution < 1.29 is 19.0 Å². The van der Waals surface area contributed by atoms with Crippen LogP contribution in [0.1, 0.15) is 21.6 Å². The number of aromatic nitrogens is 4. The number of esters is 1. The number of hydrogen-bond donors (Lipinski definition) is 0. The summed E-state index contributed by atoms with van der Waals surface area (Å²) >= 11 is 0. The second kappa shape index (κ2) is 8.10. The Kier molecular flexibility index (Phi) is 5.33. The summed E-state index contributed by atoms with van der Waals surface area (Å²) in [6.07, 6.45) is 3.84. The van der Waals surface area contributed by atoms with E-state index in [2.05, 4.69) is 10.1 Å². The van der Waals surface area contributed by atoms with Crippen molar-refractivity contribution >= 4 is 22.5 Å². The van der Waals surface area contributed by atoms with Crippen LogP contribution in [0.5, 0.6) is 11.5 Å². The molecule has 0 saturated carbocycles. The Morgan fingerprint density at radius 1 is 1.10 bits per heavy atom. The number of carbonyl (C=O) groups excluding carboxylic acids is 1. The summed E-state index contributed by atoms with van der Waals surface area (Å²) in [7, 11) is 4.49. The van der Waals surface area contributed by atoms with Gasteiger partial charge < -0.3 is 18.8 Å². The third kappa shape index (κ3) is 3.48. The third-order valence-electron chi connectivity index (χ3n) is 5.24. The fourth-order valence-electron chi connectivity index (χ4n) is 3.62. The zero-order valence-electron chi connectivity index (χ0n) is 17.7. The molecule has 0 radical (unpaired) electrons. The predicted molar refractivity (Wildman–Crippen MR) is 114 cm³/mol. The van der Waals surface area contributed by atoms with Crippen LogP contribution in [-0.2, 0) is 17.7 Å². The third-order valence-corrected chi connectivity index (χ3v) is 5.24. The molecule has 0 aliphatic rings. The fraction of sp³-hybridized carbons (Fsp3) is 0.273. The largest absolute Gasteiger partial charge is 0.493 e. The number of nitrogens with zero attached hydrogens (tertiary/aromatic N) is 4. The molecule has 3 aromatic heterocycles. The predicted octanol–water partition coefficient (Wildman–Crippen LogP) is 2.40. The molecule has 0 spiro atoms. The van der Waals surface area contributed by atoms with Gasteiger partial charge in [0, 0.05) is 18.9 Å². The Bertz CT molecular complexity index is 1360. The Morgan fingerprint density at radius 2 is 1.87 bits per heavy atom. The molecule has 4 rings (SSSR count). The van der Waals surface area contributed by atoms with Crippen molar-refractivity contribution in [3.8, 4) is 11.5 Å². The van der Waals surface area contributed by atoms with E-state index < -0.39 is 5.97 Å². The van der Waals surface area contributed by atoms with E-state index in [0.717, 1.165) is 5.56 Å². The molecule has 31 heavy (non-hydrogen) atoms. The Balaban J connectivity index is 1.69. The molecule has 0 fully saturated rings. The van der Waals surface area contributed by atoms with Crippen molar-refractivity contribution in [1.29, 1.82) is 0 Å². The molecular formula is C22H22N4O5. The van der Waals surface area contributed by atoms with Gasteiger partial charge in [-0.1, -0.05) is 6.07 Å². The highest BCUT2D eigenvalue weighted by Gasteiger charge is 2.20. The summed E-state index contributed by atoms with van der Waals surface area (Å²) in [6, 6.07) is 7.49. The number of carbonyl (C=O) groups is 1. The van der Waals surface area contributed by atoms with Gasteiger partial charge in [-0.15, -0.1) is 0 Å². The molecule has 160 valence electrons. The van der Waals surface area contributed by atoms with Gasteiger partial charge in [0.1, 0.15) is 5.56 Å². The van der Waals surface area contributed by atoms with E-state index in [-0.39, 0.29) is 5.56 Å². The average molecular weight is 422 g/mol. The number of aryl methyl sites for hydroxylation is 3. The van der Waals surface area contributed by atoms with Crippen molar-refractivity contribution in [2.75, 3.05) is 21.3 Å². The SMILES string of the molecule is COC(=O)c1c(C)nn2c1ncc1c(=O)n(CCc3ccc(OC)c(OC)c3)ccc12. The lowest BCUT2D eigenvalue weighted by Crippen LogP contribution is -2.21. The molecule has 0 saturated heterocycles. The molecule has 9 heteroatoms. The van der Waals surface area contributed by atoms with Gasteiger partial charge in [-0.2, -0.15) is 5.10 Å². The Labute approximate surface area is 177 Å². The molecule has 4 aromatic rings. The lowest BCUT2D eigenvalue weighted by atomic mass is 10.1. The second-order valence-electron chi connectivity index (χ2n) is 7.00. The van der Waals surface area contributed by atoms with Crippen LogP contribution in [-0.4, -0.2) is 46.5 Å². The van der Waals surface area contributed by atoms with Crippen molar-refractivity contribution in [2.24, 2.45) is 0 Å². The summed E-state index contributed by atoms with van der Waals surface area (Å²) in [4.78, 5) is 29.4. The summed E-state index contributed by atoms with van der Waals surface area (Å²) in [5.74, 6) is 0.792. The van der Waals surface area contributed by atoms with Gasteiger partial charge in [0.15, 0.2) is 17.1 Å². The molecular weight excluding hydrogens is 400 g/mol. The molecule has 0 aliphatic carbocycles. The van der Waals surface area contributed by atoms with Gasteiger partial charge in [-0.25, -0.2) is 14.3 Å². The minimum atomic E-state index is -0.511. The Hall–Kier alpha value is -3.88. The highest BCUT2D eigenvalue weighted by Crippen LogP contribution is 2.27. The summed E-state index contributed by atoms with van der Waals surface area (Å²) in [6.45, 7) is 2.19. The first kappa shape index (κ1) is 20.4. The molecule has 0 unspecified atom stereocenters. The average Bonchev–Trinajstić information content (AvgIpc) is 3.14. The molecule has 1 aromatic carbocycles. The van der Waals surface area contributed by atoms with Gasteiger partial charge in [0.2, 0.25) is 0 Å². The van der Waals surface area contributed by atoms with Gasteiger partial charge in [0.05, 0.1) is 37.9 Å². The van der Waals surface area contributed by atoms with Crippen molar-refractivity contribution in [1.82, 2.24) is 19.2 Å². The van der Waals surface area contributed by atoms with E-state index in [0.29, 0.717) is 52.3 Å². The highest BCUT2D eigenvalue weighted by atomic mass is 16.5. The maximum Gasteiger partial charge on any atom is 0.343 e. The van der Waals surface area contributed by atoms with Gasteiger partial charge >= 0.3 is 5.97 Å². The first-order chi connectivity index (χ1) is 15.0. The van der Waals surface area contributed by atoms with Crippen molar-refractivity contribution in [3.05, 3.63) is 63.8 Å². The second-order valence-corrected chi connectivity index (χ2v) is 7.00. The first-order valence-corrected chi connectivity index (χ1v) is 9.65. The number of pyridine rings is 1. The van der Waals surface area contributed by atoms with E-state index in [9.17, 15) is 9.59 Å². The van der Waals surface area contributed by atoms with Gasteiger partial charge in [-0.3, -0.25) is 4.79 Å². The van der Waals surface area contributed by atoms with E-state index >= 15 is 0 Å². The molecule has 0 N–H and O–H groups in total. The normalized spacial score (nSPS) is 11.1. The van der Waals surface area contributed by atoms with Crippen LogP contribution in [0, 0.1) is 6.92 Å². The summed E-state index contributed by atoms with van der Waals surface area (Å²) < 4.78 is 18.6. The quantitative estimate of drug-likeness (QED) is 0.440. The fourth-order valence-corrected chi connectivity index (χ4v) is 3.62. The van der Waals surface area contributed by atoms with Crippen molar-refractivity contribution in [3.63, 3.8) is 0 Å². The number of fused-ring (bicyclic) bond motifs is 3. The number of hydrogen-bond acceptors (Lipinski definition) is 7. The number of methoxy groups -OCH3 is 3. The van der Waals surface area contributed by atoms with E-state index in [1.807, 2.05) is 18.2 Å². The smallest absolute Gasteiger partial charge is 0.343 e. The van der Waals surface area contributed by atoms with Crippen LogP contribution in [0.2, 0.25) is 0 Å². The van der Waals surface area contributed by atoms with E-state index in [1.165, 1.54) is 17.8 Å². The number of ether oxygens (including phenoxy) is 3.